The number of hydrogen-bond acceptors (Lipinski definition) is 4. The molecule has 0 saturated carbocycles. The van der Waals surface area contributed by atoms with Crippen LogP contribution >= 0.6 is 15.9 Å². The Balaban J connectivity index is 2.01. The maximum atomic E-state index is 12.1. The number of carbonyl (C=O) groups is 2. The standard InChI is InChI=1S/C14H16BrNO5/c1-8(14(18)19)16-13(17)10(6-15)4-9-2-3-11-12(5-9)21-7-20-11/h2-3,5,8,10H,4,6-7H2,1H3,(H,16,17)(H,18,19)/t8?,10-/m1/s1. The van der Waals surface area contributed by atoms with Gasteiger partial charge in [0.25, 0.3) is 0 Å². The van der Waals surface area contributed by atoms with E-state index in [4.69, 9.17) is 14.6 Å². The molecule has 1 aliphatic rings. The first kappa shape index (κ1) is 15.6. The van der Waals surface area contributed by atoms with E-state index >= 15 is 0 Å². The molecule has 2 atom stereocenters. The minimum absolute atomic E-state index is 0.206. The molecule has 0 aliphatic carbocycles. The van der Waals surface area contributed by atoms with Crippen LogP contribution < -0.4 is 14.8 Å². The molecule has 1 heterocycles. The van der Waals surface area contributed by atoms with E-state index in [1.54, 1.807) is 6.07 Å². The van der Waals surface area contributed by atoms with Crippen LogP contribution in [0.4, 0.5) is 0 Å². The summed E-state index contributed by atoms with van der Waals surface area (Å²) in [7, 11) is 0. The number of hydrogen-bond donors (Lipinski definition) is 2. The normalized spacial score (nSPS) is 15.3. The fourth-order valence-corrected chi connectivity index (χ4v) is 2.49. The first-order valence-corrected chi connectivity index (χ1v) is 7.61. The van der Waals surface area contributed by atoms with Gasteiger partial charge in [0.2, 0.25) is 12.7 Å². The molecule has 0 saturated heterocycles. The van der Waals surface area contributed by atoms with Crippen LogP contribution in [0.2, 0.25) is 0 Å². The van der Waals surface area contributed by atoms with Gasteiger partial charge in [-0.25, -0.2) is 0 Å². The van der Waals surface area contributed by atoms with Gasteiger partial charge in [0, 0.05) is 5.33 Å². The molecule has 1 unspecified atom stereocenters. The molecule has 1 aliphatic heterocycles. The Bertz CT molecular complexity index is 548. The Labute approximate surface area is 130 Å². The molecule has 21 heavy (non-hydrogen) atoms. The smallest absolute Gasteiger partial charge is 0.325 e. The highest BCUT2D eigenvalue weighted by molar-refractivity contribution is 9.09. The van der Waals surface area contributed by atoms with Crippen molar-refractivity contribution in [2.75, 3.05) is 12.1 Å². The number of carbonyl (C=O) groups excluding carboxylic acids is 1. The quantitative estimate of drug-likeness (QED) is 0.754. The number of benzene rings is 1. The maximum Gasteiger partial charge on any atom is 0.325 e. The van der Waals surface area contributed by atoms with E-state index in [9.17, 15) is 9.59 Å². The van der Waals surface area contributed by atoms with Gasteiger partial charge in [-0.05, 0) is 31.0 Å². The molecule has 0 bridgehead atoms. The van der Waals surface area contributed by atoms with E-state index in [1.165, 1.54) is 6.92 Å². The van der Waals surface area contributed by atoms with E-state index in [1.807, 2.05) is 12.1 Å². The number of halogens is 1. The Morgan fingerprint density at radius 1 is 1.38 bits per heavy atom. The van der Waals surface area contributed by atoms with Gasteiger partial charge >= 0.3 is 5.97 Å². The van der Waals surface area contributed by atoms with Gasteiger partial charge in [0.15, 0.2) is 11.5 Å². The molecular formula is C14H16BrNO5. The first-order valence-electron chi connectivity index (χ1n) is 6.49. The Hall–Kier alpha value is -1.76. The van der Waals surface area contributed by atoms with Crippen LogP contribution in [0.1, 0.15) is 12.5 Å². The van der Waals surface area contributed by atoms with Crippen molar-refractivity contribution in [3.05, 3.63) is 23.8 Å². The van der Waals surface area contributed by atoms with Crippen LogP contribution in [0.5, 0.6) is 11.5 Å². The Morgan fingerprint density at radius 2 is 2.10 bits per heavy atom. The fraction of sp³-hybridized carbons (Fsp3) is 0.429. The third-order valence-corrected chi connectivity index (χ3v) is 3.99. The van der Waals surface area contributed by atoms with Gasteiger partial charge in [0.1, 0.15) is 6.04 Å². The van der Waals surface area contributed by atoms with Crippen molar-refractivity contribution < 1.29 is 24.2 Å². The van der Waals surface area contributed by atoms with Crippen LogP contribution in [0, 0.1) is 5.92 Å². The van der Waals surface area contributed by atoms with E-state index in [0.717, 1.165) is 5.56 Å². The average molecular weight is 358 g/mol. The molecular weight excluding hydrogens is 342 g/mol. The number of alkyl halides is 1. The predicted molar refractivity (Wildman–Crippen MR) is 78.8 cm³/mol. The molecule has 0 radical (unpaired) electrons. The molecule has 2 rings (SSSR count). The van der Waals surface area contributed by atoms with Crippen LogP contribution in [-0.4, -0.2) is 35.1 Å². The lowest BCUT2D eigenvalue weighted by Crippen LogP contribution is -2.42. The third-order valence-electron chi connectivity index (χ3n) is 3.21. The average Bonchev–Trinajstić information content (AvgIpc) is 2.91. The van der Waals surface area contributed by atoms with Crippen LogP contribution in [0.25, 0.3) is 0 Å². The molecule has 1 aromatic carbocycles. The first-order chi connectivity index (χ1) is 10.0. The highest BCUT2D eigenvalue weighted by atomic mass is 79.9. The lowest BCUT2D eigenvalue weighted by molar-refractivity contribution is -0.141. The van der Waals surface area contributed by atoms with Crippen molar-refractivity contribution in [1.29, 1.82) is 0 Å². The summed E-state index contributed by atoms with van der Waals surface area (Å²) < 4.78 is 10.5. The number of carboxylic acid groups (broad SMARTS) is 1. The zero-order valence-electron chi connectivity index (χ0n) is 11.5. The largest absolute Gasteiger partial charge is 0.480 e. The number of nitrogens with one attached hydrogen (secondary N) is 1. The molecule has 114 valence electrons. The summed E-state index contributed by atoms with van der Waals surface area (Å²) in [6.45, 7) is 1.64. The van der Waals surface area contributed by atoms with Crippen molar-refractivity contribution in [3.8, 4) is 11.5 Å². The molecule has 6 nitrogen and oxygen atoms in total. The summed E-state index contributed by atoms with van der Waals surface area (Å²) in [5.41, 5.74) is 0.932. The fourth-order valence-electron chi connectivity index (χ4n) is 1.96. The summed E-state index contributed by atoms with van der Waals surface area (Å²) in [5, 5.41) is 11.7. The summed E-state index contributed by atoms with van der Waals surface area (Å²) >= 11 is 3.30. The number of fused-ring (bicyclic) bond motifs is 1. The zero-order chi connectivity index (χ0) is 15.4. The van der Waals surface area contributed by atoms with Crippen LogP contribution in [0.3, 0.4) is 0 Å². The van der Waals surface area contributed by atoms with Gasteiger partial charge in [-0.1, -0.05) is 22.0 Å². The van der Waals surface area contributed by atoms with Gasteiger partial charge < -0.3 is 19.9 Å². The summed E-state index contributed by atoms with van der Waals surface area (Å²) in [4.78, 5) is 22.8. The lowest BCUT2D eigenvalue weighted by Gasteiger charge is -2.16. The summed E-state index contributed by atoms with van der Waals surface area (Å²) in [6.07, 6.45) is 0.486. The number of rotatable bonds is 6. The predicted octanol–water partition coefficient (Wildman–Crippen LogP) is 1.56. The second-order valence-corrected chi connectivity index (χ2v) is 5.46. The van der Waals surface area contributed by atoms with E-state index in [-0.39, 0.29) is 18.6 Å². The lowest BCUT2D eigenvalue weighted by atomic mass is 9.99. The summed E-state index contributed by atoms with van der Waals surface area (Å²) in [5.74, 6) is -0.343. The summed E-state index contributed by atoms with van der Waals surface area (Å²) in [6, 6.07) is 4.61. The highest BCUT2D eigenvalue weighted by Gasteiger charge is 2.23. The minimum atomic E-state index is -1.06. The van der Waals surface area contributed by atoms with Gasteiger partial charge in [-0.15, -0.1) is 0 Å². The van der Waals surface area contributed by atoms with Crippen LogP contribution in [-0.2, 0) is 16.0 Å². The van der Waals surface area contributed by atoms with E-state index in [2.05, 4.69) is 21.2 Å². The third kappa shape index (κ3) is 3.87. The topological polar surface area (TPSA) is 84.9 Å². The molecule has 7 heteroatoms. The van der Waals surface area contributed by atoms with Gasteiger partial charge in [-0.3, -0.25) is 9.59 Å². The van der Waals surface area contributed by atoms with Crippen molar-refractivity contribution in [1.82, 2.24) is 5.32 Å². The Morgan fingerprint density at radius 3 is 2.76 bits per heavy atom. The molecule has 0 fully saturated rings. The second kappa shape index (κ2) is 6.80. The number of ether oxygens (including phenoxy) is 2. The van der Waals surface area contributed by atoms with E-state index < -0.39 is 12.0 Å². The van der Waals surface area contributed by atoms with Crippen molar-refractivity contribution >= 4 is 27.8 Å². The Kier molecular flexibility index (Phi) is 5.06. The minimum Gasteiger partial charge on any atom is -0.480 e. The van der Waals surface area contributed by atoms with Gasteiger partial charge in [0.05, 0.1) is 5.92 Å². The molecule has 0 aromatic heterocycles. The van der Waals surface area contributed by atoms with E-state index in [0.29, 0.717) is 23.2 Å². The SMILES string of the molecule is CC(NC(=O)[C@@H](CBr)Cc1ccc2c(c1)OCO2)C(=O)O. The molecule has 1 amide bonds. The molecule has 2 N–H and O–H groups in total. The highest BCUT2D eigenvalue weighted by Crippen LogP contribution is 2.33. The van der Waals surface area contributed by atoms with Gasteiger partial charge in [-0.2, -0.15) is 0 Å². The monoisotopic (exact) mass is 357 g/mol. The number of aliphatic carboxylic acids is 1. The van der Waals surface area contributed by atoms with Crippen LogP contribution in [0.15, 0.2) is 18.2 Å². The maximum absolute atomic E-state index is 12.1. The molecule has 1 aromatic rings. The van der Waals surface area contributed by atoms with Crippen molar-refractivity contribution in [2.45, 2.75) is 19.4 Å². The molecule has 0 spiro atoms. The number of amides is 1. The van der Waals surface area contributed by atoms with Crippen molar-refractivity contribution in [3.63, 3.8) is 0 Å². The zero-order valence-corrected chi connectivity index (χ0v) is 13.1. The number of carboxylic acids is 1. The second-order valence-electron chi connectivity index (χ2n) is 4.81. The van der Waals surface area contributed by atoms with Crippen molar-refractivity contribution in [2.24, 2.45) is 5.92 Å².